The van der Waals surface area contributed by atoms with E-state index in [0.717, 1.165) is 46.1 Å². The summed E-state index contributed by atoms with van der Waals surface area (Å²) in [7, 11) is 0. The number of nitrogens with zero attached hydrogens (tertiary/aromatic N) is 4. The van der Waals surface area contributed by atoms with Crippen LogP contribution in [0, 0.1) is 29.8 Å². The minimum Gasteiger partial charge on any atom is -0.457 e. The van der Waals surface area contributed by atoms with E-state index in [1.807, 2.05) is 19.9 Å². The molecule has 0 saturated heterocycles. The number of hydrogen-bond donors (Lipinski definition) is 1. The number of ether oxygens (including phenoxy) is 1. The van der Waals surface area contributed by atoms with Crippen molar-refractivity contribution in [3.05, 3.63) is 111 Å². The summed E-state index contributed by atoms with van der Waals surface area (Å²) in [6.07, 6.45) is -1.88. The second-order valence-electron chi connectivity index (χ2n) is 9.02. The number of benzene rings is 3. The minimum atomic E-state index is -2.96. The van der Waals surface area contributed by atoms with Gasteiger partial charge in [0.1, 0.15) is 28.6 Å². The third kappa shape index (κ3) is 5.46. The van der Waals surface area contributed by atoms with Crippen LogP contribution < -0.4 is 10.1 Å². The van der Waals surface area contributed by atoms with E-state index in [1.54, 1.807) is 12.1 Å². The van der Waals surface area contributed by atoms with Crippen molar-refractivity contribution in [2.45, 2.75) is 20.3 Å². The Morgan fingerprint density at radius 3 is 2.33 bits per heavy atom. The molecule has 40 heavy (non-hydrogen) atoms. The monoisotopic (exact) mass is 547 g/mol. The van der Waals surface area contributed by atoms with Gasteiger partial charge in [0.2, 0.25) is 0 Å². The van der Waals surface area contributed by atoms with Crippen LogP contribution in [0.5, 0.6) is 11.5 Å². The molecule has 0 spiro atoms. The van der Waals surface area contributed by atoms with Crippen LogP contribution in [0.1, 0.15) is 33.6 Å². The number of aryl methyl sites for hydroxylation is 2. The van der Waals surface area contributed by atoms with Crippen molar-refractivity contribution in [2.24, 2.45) is 0 Å². The maximum Gasteiger partial charge on any atom is 0.280 e. The minimum absolute atomic E-state index is 0.0293. The number of amides is 1. The van der Waals surface area contributed by atoms with Crippen LogP contribution in [0.25, 0.3) is 16.9 Å². The van der Waals surface area contributed by atoms with Gasteiger partial charge in [-0.2, -0.15) is 5.10 Å². The number of nitrogens with one attached hydrogen (secondary N) is 1. The number of aromatic nitrogens is 3. The van der Waals surface area contributed by atoms with Crippen molar-refractivity contribution in [1.29, 1.82) is 0 Å². The number of alkyl halides is 2. The second kappa shape index (κ2) is 10.5. The van der Waals surface area contributed by atoms with Gasteiger partial charge in [0.15, 0.2) is 5.65 Å². The SMILES string of the molecule is Cc1cc(C)cc(Oc2cc(NC(=O)c3cnn4c(C(F)F)cc(-c5ccc(F)cc5)nc34)cc([N+](=O)[O-])c2)c1. The molecule has 0 saturated carbocycles. The van der Waals surface area contributed by atoms with Gasteiger partial charge in [0.25, 0.3) is 18.0 Å². The zero-order valence-corrected chi connectivity index (χ0v) is 21.1. The summed E-state index contributed by atoms with van der Waals surface area (Å²) in [5.74, 6) is -0.751. The fourth-order valence-corrected chi connectivity index (χ4v) is 4.22. The van der Waals surface area contributed by atoms with E-state index < -0.39 is 28.8 Å². The molecule has 1 N–H and O–H groups in total. The number of nitro benzene ring substituents is 1. The lowest BCUT2D eigenvalue weighted by Crippen LogP contribution is -2.13. The highest BCUT2D eigenvalue weighted by Gasteiger charge is 2.22. The van der Waals surface area contributed by atoms with Gasteiger partial charge in [-0.15, -0.1) is 0 Å². The zero-order valence-electron chi connectivity index (χ0n) is 21.1. The highest BCUT2D eigenvalue weighted by atomic mass is 19.3. The Hall–Kier alpha value is -5.26. The summed E-state index contributed by atoms with van der Waals surface area (Å²) >= 11 is 0. The van der Waals surface area contributed by atoms with E-state index in [2.05, 4.69) is 15.4 Å². The standard InChI is InChI=1S/C28H20F3N5O4/c1-15-7-16(2)9-21(8-15)40-22-11-19(10-20(12-22)36(38)39)33-28(37)23-14-32-35-25(26(30)31)13-24(34-27(23)35)17-3-5-18(29)6-4-17/h3-14,26H,1-2H3,(H,33,37). The molecule has 2 aromatic heterocycles. The molecular formula is C28H20F3N5O4. The molecule has 0 bridgehead atoms. The number of rotatable bonds is 7. The summed E-state index contributed by atoms with van der Waals surface area (Å²) in [5, 5.41) is 18.0. The van der Waals surface area contributed by atoms with Crippen LogP contribution in [0.3, 0.4) is 0 Å². The molecule has 202 valence electrons. The van der Waals surface area contributed by atoms with Gasteiger partial charge in [0, 0.05) is 17.7 Å². The first-order valence-electron chi connectivity index (χ1n) is 11.9. The van der Waals surface area contributed by atoms with Crippen LogP contribution in [0.4, 0.5) is 24.5 Å². The van der Waals surface area contributed by atoms with E-state index in [4.69, 9.17) is 4.74 Å². The molecule has 2 heterocycles. The summed E-state index contributed by atoms with van der Waals surface area (Å²) in [6, 6.07) is 15.4. The quantitative estimate of drug-likeness (QED) is 0.173. The highest BCUT2D eigenvalue weighted by molar-refractivity contribution is 6.08. The summed E-state index contributed by atoms with van der Waals surface area (Å²) in [4.78, 5) is 28.5. The number of nitro groups is 1. The molecule has 0 atom stereocenters. The van der Waals surface area contributed by atoms with Crippen LogP contribution in [-0.2, 0) is 0 Å². The molecule has 5 rings (SSSR count). The summed E-state index contributed by atoms with van der Waals surface area (Å²) in [5.41, 5.74) is 1.12. The normalized spacial score (nSPS) is 11.2. The van der Waals surface area contributed by atoms with Gasteiger partial charge >= 0.3 is 0 Å². The van der Waals surface area contributed by atoms with Crippen molar-refractivity contribution < 1.29 is 27.6 Å². The summed E-state index contributed by atoms with van der Waals surface area (Å²) in [6.45, 7) is 3.76. The lowest BCUT2D eigenvalue weighted by atomic mass is 10.1. The molecular weight excluding hydrogens is 527 g/mol. The Morgan fingerprint density at radius 2 is 1.68 bits per heavy atom. The average Bonchev–Trinajstić information content (AvgIpc) is 3.32. The fraction of sp³-hybridized carbons (Fsp3) is 0.107. The van der Waals surface area contributed by atoms with Crippen molar-refractivity contribution >= 4 is 22.9 Å². The maximum atomic E-state index is 13.9. The molecule has 0 radical (unpaired) electrons. The number of halogens is 3. The molecule has 0 unspecified atom stereocenters. The first-order chi connectivity index (χ1) is 19.1. The predicted octanol–water partition coefficient (Wildman–Crippen LogP) is 7.04. The fourth-order valence-electron chi connectivity index (χ4n) is 4.22. The van der Waals surface area contributed by atoms with E-state index in [-0.39, 0.29) is 34.0 Å². The molecule has 1 amide bonds. The molecule has 0 aliphatic heterocycles. The lowest BCUT2D eigenvalue weighted by molar-refractivity contribution is -0.384. The van der Waals surface area contributed by atoms with Crippen molar-refractivity contribution in [3.63, 3.8) is 0 Å². The number of carbonyl (C=O) groups excluding carboxylic acids is 1. The number of carbonyl (C=O) groups is 1. The Labute approximate surface area is 225 Å². The van der Waals surface area contributed by atoms with Gasteiger partial charge < -0.3 is 10.1 Å². The summed E-state index contributed by atoms with van der Waals surface area (Å²) < 4.78 is 47.8. The molecule has 5 aromatic rings. The number of anilines is 1. The third-order valence-electron chi connectivity index (χ3n) is 5.90. The van der Waals surface area contributed by atoms with E-state index in [9.17, 15) is 28.1 Å². The van der Waals surface area contributed by atoms with E-state index in [0.29, 0.717) is 11.3 Å². The van der Waals surface area contributed by atoms with Crippen molar-refractivity contribution in [2.75, 3.05) is 5.32 Å². The molecule has 0 aliphatic carbocycles. The van der Waals surface area contributed by atoms with Gasteiger partial charge in [0.05, 0.1) is 28.6 Å². The smallest absolute Gasteiger partial charge is 0.280 e. The van der Waals surface area contributed by atoms with Crippen LogP contribution in [0.15, 0.2) is 72.9 Å². The molecule has 12 heteroatoms. The zero-order chi connectivity index (χ0) is 28.6. The number of fused-ring (bicyclic) bond motifs is 1. The van der Waals surface area contributed by atoms with Crippen LogP contribution in [0.2, 0.25) is 0 Å². The first-order valence-corrected chi connectivity index (χ1v) is 11.9. The largest absolute Gasteiger partial charge is 0.457 e. The molecule has 3 aromatic carbocycles. The molecule has 0 fully saturated rings. The first kappa shape index (κ1) is 26.4. The molecule has 9 nitrogen and oxygen atoms in total. The number of hydrogen-bond acceptors (Lipinski definition) is 6. The lowest BCUT2D eigenvalue weighted by Gasteiger charge is -2.11. The van der Waals surface area contributed by atoms with Gasteiger partial charge in [-0.3, -0.25) is 14.9 Å². The van der Waals surface area contributed by atoms with E-state index in [1.165, 1.54) is 24.3 Å². The maximum absolute atomic E-state index is 13.9. The van der Waals surface area contributed by atoms with Gasteiger partial charge in [-0.1, -0.05) is 6.07 Å². The van der Waals surface area contributed by atoms with Gasteiger partial charge in [-0.25, -0.2) is 22.7 Å². The highest BCUT2D eigenvalue weighted by Crippen LogP contribution is 2.32. The van der Waals surface area contributed by atoms with Gasteiger partial charge in [-0.05, 0) is 67.4 Å². The van der Waals surface area contributed by atoms with Crippen molar-refractivity contribution in [1.82, 2.24) is 14.6 Å². The third-order valence-corrected chi connectivity index (χ3v) is 5.90. The Bertz CT molecular complexity index is 1750. The Kier molecular flexibility index (Phi) is 6.91. The van der Waals surface area contributed by atoms with Crippen molar-refractivity contribution in [3.8, 4) is 22.8 Å². The molecule has 0 aliphatic rings. The van der Waals surface area contributed by atoms with E-state index >= 15 is 0 Å². The second-order valence-corrected chi connectivity index (χ2v) is 9.02. The number of non-ortho nitro benzene ring substituents is 1. The average molecular weight is 547 g/mol. The predicted molar refractivity (Wildman–Crippen MR) is 140 cm³/mol. The Morgan fingerprint density at radius 1 is 1.00 bits per heavy atom. The van der Waals surface area contributed by atoms with Crippen LogP contribution >= 0.6 is 0 Å². The Balaban J connectivity index is 1.52. The van der Waals surface area contributed by atoms with Crippen LogP contribution in [-0.4, -0.2) is 25.4 Å². The topological polar surface area (TPSA) is 112 Å².